The molecule has 0 spiro atoms. The number of halogens is 1. The van der Waals surface area contributed by atoms with Gasteiger partial charge in [-0.05, 0) is 35.4 Å². The third kappa shape index (κ3) is 5.22. The van der Waals surface area contributed by atoms with Crippen LogP contribution in [-0.4, -0.2) is 46.0 Å². The summed E-state index contributed by atoms with van der Waals surface area (Å²) >= 11 is 3.38. The number of nitro groups is 1. The summed E-state index contributed by atoms with van der Waals surface area (Å²) in [6.07, 6.45) is 1.32. The van der Waals surface area contributed by atoms with E-state index in [0.717, 1.165) is 17.6 Å². The predicted octanol–water partition coefficient (Wildman–Crippen LogP) is 5.85. The largest absolute Gasteiger partial charge is 0.434 e. The summed E-state index contributed by atoms with van der Waals surface area (Å²) in [5.74, 6) is 0.670. The average molecular weight is 546 g/mol. The molecule has 182 valence electrons. The topological polar surface area (TPSA) is 84.6 Å². The molecule has 1 aliphatic heterocycles. The summed E-state index contributed by atoms with van der Waals surface area (Å²) < 4.78 is 6.67. The number of benzene rings is 3. The Hall–Kier alpha value is -3.82. The van der Waals surface area contributed by atoms with Crippen molar-refractivity contribution >= 4 is 27.4 Å². The van der Waals surface area contributed by atoms with Crippen LogP contribution in [0.25, 0.3) is 0 Å². The number of aromatic nitrogens is 2. The number of nitrogens with zero attached hydrogens (tertiary/aromatic N) is 5. The molecule has 3 aromatic carbocycles. The number of piperazine rings is 1. The SMILES string of the molecule is O=[N+]([O-])c1c(Oc2ccc(Br)cc2)ncnc1N1CCN(C(c2ccccc2)c2ccccc2)CC1. The van der Waals surface area contributed by atoms with Gasteiger partial charge in [0.1, 0.15) is 12.1 Å². The van der Waals surface area contributed by atoms with Crippen molar-refractivity contribution in [3.63, 3.8) is 0 Å². The van der Waals surface area contributed by atoms with Crippen molar-refractivity contribution in [2.24, 2.45) is 0 Å². The second kappa shape index (κ2) is 10.8. The van der Waals surface area contributed by atoms with Gasteiger partial charge in [-0.15, -0.1) is 0 Å². The van der Waals surface area contributed by atoms with Crippen LogP contribution in [0.5, 0.6) is 11.6 Å². The van der Waals surface area contributed by atoms with Gasteiger partial charge in [0.25, 0.3) is 0 Å². The highest BCUT2D eigenvalue weighted by molar-refractivity contribution is 9.10. The second-order valence-electron chi connectivity index (χ2n) is 8.41. The van der Waals surface area contributed by atoms with E-state index in [1.54, 1.807) is 24.3 Å². The summed E-state index contributed by atoms with van der Waals surface area (Å²) in [7, 11) is 0. The molecule has 0 amide bonds. The third-order valence-electron chi connectivity index (χ3n) is 6.19. The summed E-state index contributed by atoms with van der Waals surface area (Å²) in [6, 6.07) is 28.0. The first-order valence-corrected chi connectivity index (χ1v) is 12.4. The molecule has 9 heteroatoms. The molecule has 8 nitrogen and oxygen atoms in total. The molecule has 0 atom stereocenters. The minimum Gasteiger partial charge on any atom is -0.434 e. The molecule has 0 unspecified atom stereocenters. The Balaban J connectivity index is 1.38. The maximum Gasteiger partial charge on any atom is 0.373 e. The van der Waals surface area contributed by atoms with Crippen LogP contribution in [0.15, 0.2) is 95.7 Å². The van der Waals surface area contributed by atoms with Crippen molar-refractivity contribution in [1.82, 2.24) is 14.9 Å². The zero-order chi connectivity index (χ0) is 24.9. The van der Waals surface area contributed by atoms with E-state index in [1.165, 1.54) is 17.5 Å². The van der Waals surface area contributed by atoms with E-state index in [0.29, 0.717) is 18.8 Å². The molecule has 5 rings (SSSR count). The maximum atomic E-state index is 12.1. The van der Waals surface area contributed by atoms with Gasteiger partial charge in [-0.2, -0.15) is 4.98 Å². The van der Waals surface area contributed by atoms with Crippen LogP contribution in [-0.2, 0) is 0 Å². The van der Waals surface area contributed by atoms with Gasteiger partial charge in [0, 0.05) is 30.7 Å². The molecule has 1 saturated heterocycles. The van der Waals surface area contributed by atoms with Crippen LogP contribution in [0.1, 0.15) is 17.2 Å². The number of ether oxygens (including phenoxy) is 1. The highest BCUT2D eigenvalue weighted by atomic mass is 79.9. The molecular weight excluding hydrogens is 522 g/mol. The number of hydrogen-bond donors (Lipinski definition) is 0. The summed E-state index contributed by atoms with van der Waals surface area (Å²) in [5.41, 5.74) is 2.21. The van der Waals surface area contributed by atoms with E-state index in [2.05, 4.69) is 79.3 Å². The highest BCUT2D eigenvalue weighted by Crippen LogP contribution is 2.37. The first-order chi connectivity index (χ1) is 17.6. The molecule has 1 fully saturated rings. The first-order valence-electron chi connectivity index (χ1n) is 11.6. The fourth-order valence-electron chi connectivity index (χ4n) is 4.51. The zero-order valence-corrected chi connectivity index (χ0v) is 21.0. The normalized spacial score (nSPS) is 14.1. The summed E-state index contributed by atoms with van der Waals surface area (Å²) in [6.45, 7) is 2.62. The Morgan fingerprint density at radius 2 is 1.42 bits per heavy atom. The third-order valence-corrected chi connectivity index (χ3v) is 6.72. The second-order valence-corrected chi connectivity index (χ2v) is 9.33. The van der Waals surface area contributed by atoms with Crippen molar-refractivity contribution in [3.8, 4) is 11.6 Å². The Kier molecular flexibility index (Phi) is 7.20. The van der Waals surface area contributed by atoms with Crippen LogP contribution in [0.3, 0.4) is 0 Å². The van der Waals surface area contributed by atoms with E-state index >= 15 is 0 Å². The maximum absolute atomic E-state index is 12.1. The Morgan fingerprint density at radius 3 is 1.97 bits per heavy atom. The Morgan fingerprint density at radius 1 is 0.833 bits per heavy atom. The fourth-order valence-corrected chi connectivity index (χ4v) is 4.78. The van der Waals surface area contributed by atoms with Crippen LogP contribution in [0.2, 0.25) is 0 Å². The minimum atomic E-state index is -0.466. The smallest absolute Gasteiger partial charge is 0.373 e. The number of anilines is 1. The Bertz CT molecular complexity index is 1280. The van der Waals surface area contributed by atoms with Gasteiger partial charge in [-0.25, -0.2) is 4.98 Å². The molecule has 2 heterocycles. The van der Waals surface area contributed by atoms with Crippen molar-refractivity contribution in [2.75, 3.05) is 31.1 Å². The highest BCUT2D eigenvalue weighted by Gasteiger charge is 2.32. The monoisotopic (exact) mass is 545 g/mol. The van der Waals surface area contributed by atoms with Crippen LogP contribution < -0.4 is 9.64 Å². The lowest BCUT2D eigenvalue weighted by atomic mass is 9.96. The standard InChI is InChI=1S/C27H24BrN5O3/c28-22-11-13-23(14-12-22)36-27-25(33(34)35)26(29-19-30-27)32-17-15-31(16-18-32)24(20-7-3-1-4-8-20)21-9-5-2-6-10-21/h1-14,19,24H,15-18H2. The van der Waals surface area contributed by atoms with Gasteiger partial charge >= 0.3 is 11.6 Å². The molecule has 0 radical (unpaired) electrons. The first kappa shape index (κ1) is 23.9. The molecule has 0 N–H and O–H groups in total. The zero-order valence-electron chi connectivity index (χ0n) is 19.4. The lowest BCUT2D eigenvalue weighted by Gasteiger charge is -2.40. The number of hydrogen-bond acceptors (Lipinski definition) is 7. The van der Waals surface area contributed by atoms with Gasteiger partial charge in [0.05, 0.1) is 11.0 Å². The minimum absolute atomic E-state index is 0.0683. The van der Waals surface area contributed by atoms with E-state index < -0.39 is 4.92 Å². The van der Waals surface area contributed by atoms with E-state index in [-0.39, 0.29) is 23.4 Å². The van der Waals surface area contributed by atoms with Gasteiger partial charge in [-0.3, -0.25) is 15.0 Å². The molecule has 0 saturated carbocycles. The van der Waals surface area contributed by atoms with E-state index in [4.69, 9.17) is 4.74 Å². The summed E-state index contributed by atoms with van der Waals surface area (Å²) in [4.78, 5) is 24.3. The molecule has 0 bridgehead atoms. The van der Waals surface area contributed by atoms with E-state index in [9.17, 15) is 10.1 Å². The van der Waals surface area contributed by atoms with Gasteiger partial charge in [0.15, 0.2) is 0 Å². The Labute approximate surface area is 217 Å². The fraction of sp³-hybridized carbons (Fsp3) is 0.185. The van der Waals surface area contributed by atoms with Crippen LogP contribution in [0, 0.1) is 10.1 Å². The lowest BCUT2D eigenvalue weighted by Crippen LogP contribution is -2.48. The van der Waals surface area contributed by atoms with Crippen molar-refractivity contribution < 1.29 is 9.66 Å². The predicted molar refractivity (Wildman–Crippen MR) is 141 cm³/mol. The van der Waals surface area contributed by atoms with Gasteiger partial charge in [0.2, 0.25) is 5.82 Å². The molecule has 0 aliphatic carbocycles. The summed E-state index contributed by atoms with van der Waals surface area (Å²) in [5, 5.41) is 12.1. The van der Waals surface area contributed by atoms with E-state index in [1.807, 2.05) is 17.0 Å². The van der Waals surface area contributed by atoms with Crippen molar-refractivity contribution in [2.45, 2.75) is 6.04 Å². The molecule has 36 heavy (non-hydrogen) atoms. The average Bonchev–Trinajstić information content (AvgIpc) is 2.91. The van der Waals surface area contributed by atoms with Crippen LogP contribution >= 0.6 is 15.9 Å². The van der Waals surface area contributed by atoms with Gasteiger partial charge in [-0.1, -0.05) is 76.6 Å². The van der Waals surface area contributed by atoms with Gasteiger partial charge < -0.3 is 9.64 Å². The molecule has 1 aromatic heterocycles. The van der Waals surface area contributed by atoms with Crippen molar-refractivity contribution in [3.05, 3.63) is 117 Å². The molecule has 4 aromatic rings. The molecular formula is C27H24BrN5O3. The molecule has 1 aliphatic rings. The quantitative estimate of drug-likeness (QED) is 0.212. The number of rotatable bonds is 7. The van der Waals surface area contributed by atoms with Crippen molar-refractivity contribution in [1.29, 1.82) is 0 Å². The lowest BCUT2D eigenvalue weighted by molar-refractivity contribution is -0.385. The van der Waals surface area contributed by atoms with Crippen LogP contribution in [0.4, 0.5) is 11.5 Å².